The van der Waals surface area contributed by atoms with Gasteiger partial charge in [-0.15, -0.1) is 0 Å². The van der Waals surface area contributed by atoms with Gasteiger partial charge in [-0.1, -0.05) is 41.9 Å². The molecule has 3 aromatic heterocycles. The van der Waals surface area contributed by atoms with Crippen molar-refractivity contribution in [2.24, 2.45) is 0 Å². The van der Waals surface area contributed by atoms with Crippen molar-refractivity contribution in [1.29, 1.82) is 5.26 Å². The molecule has 4 N–H and O–H groups in total. The number of nitrogens with zero attached hydrogens (tertiary/aromatic N) is 4. The lowest BCUT2D eigenvalue weighted by Crippen LogP contribution is -2.36. The Morgan fingerprint density at radius 1 is 0.774 bits per heavy atom. The van der Waals surface area contributed by atoms with Crippen molar-refractivity contribution in [3.63, 3.8) is 0 Å². The number of rotatable bonds is 16. The number of carbonyl (C=O) groups excluding carboxylic acids is 2. The van der Waals surface area contributed by atoms with Gasteiger partial charge in [-0.3, -0.25) is 23.8 Å². The van der Waals surface area contributed by atoms with Crippen LogP contribution >= 0.6 is 11.6 Å². The average Bonchev–Trinajstić information content (AvgIpc) is 3.90. The molecule has 2 saturated heterocycles. The Kier molecular flexibility index (Phi) is 12.9. The van der Waals surface area contributed by atoms with Crippen LogP contribution in [0.5, 0.6) is 11.5 Å². The molecule has 0 unspecified atom stereocenters. The molecule has 0 radical (unpaired) electrons. The zero-order valence-electron chi connectivity index (χ0n) is 34.6. The average molecular weight is 851 g/mol. The van der Waals surface area contributed by atoms with Gasteiger partial charge in [0.1, 0.15) is 36.4 Å². The fraction of sp³-hybridized carbons (Fsp3) is 0.292. The van der Waals surface area contributed by atoms with Crippen LogP contribution < -0.4 is 36.3 Å². The summed E-state index contributed by atoms with van der Waals surface area (Å²) in [6.45, 7) is 6.57. The first kappa shape index (κ1) is 42.1. The van der Waals surface area contributed by atoms with Crippen molar-refractivity contribution in [2.45, 2.75) is 77.9 Å². The minimum absolute atomic E-state index is 0.0646. The van der Waals surface area contributed by atoms with E-state index in [0.29, 0.717) is 72.3 Å². The quantitative estimate of drug-likeness (QED) is 0.0848. The number of ether oxygens (including phenoxy) is 2. The zero-order chi connectivity index (χ0) is 43.2. The van der Waals surface area contributed by atoms with Crippen molar-refractivity contribution in [2.75, 3.05) is 13.1 Å². The molecule has 3 aromatic carbocycles. The molecule has 8 rings (SSSR count). The van der Waals surface area contributed by atoms with Gasteiger partial charge in [0, 0.05) is 103 Å². The number of fused-ring (bicyclic) bond motifs is 1. The third-order valence-corrected chi connectivity index (χ3v) is 11.9. The van der Waals surface area contributed by atoms with Crippen LogP contribution in [0.3, 0.4) is 0 Å². The van der Waals surface area contributed by atoms with Gasteiger partial charge in [0.2, 0.25) is 11.8 Å². The van der Waals surface area contributed by atoms with Crippen molar-refractivity contribution >= 4 is 29.1 Å². The number of benzene rings is 3. The number of halogens is 1. The van der Waals surface area contributed by atoms with Crippen LogP contribution in [-0.4, -0.2) is 51.4 Å². The van der Waals surface area contributed by atoms with Crippen LogP contribution in [-0.2, 0) is 35.9 Å². The number of pyridine rings is 2. The van der Waals surface area contributed by atoms with Crippen molar-refractivity contribution in [3.8, 4) is 39.8 Å². The summed E-state index contributed by atoms with van der Waals surface area (Å²) < 4.78 is 14.4. The van der Waals surface area contributed by atoms with E-state index in [9.17, 15) is 19.6 Å². The monoisotopic (exact) mass is 850 g/mol. The van der Waals surface area contributed by atoms with Crippen LogP contribution in [0.15, 0.2) is 96.3 Å². The molecule has 2 fully saturated rings. The van der Waals surface area contributed by atoms with Crippen molar-refractivity contribution in [1.82, 2.24) is 35.6 Å². The lowest BCUT2D eigenvalue weighted by molar-refractivity contribution is -0.120. The maximum absolute atomic E-state index is 13.4. The van der Waals surface area contributed by atoms with Gasteiger partial charge in [0.15, 0.2) is 0 Å². The molecule has 2 atom stereocenters. The number of nitrogens with one attached hydrogen (secondary N) is 4. The summed E-state index contributed by atoms with van der Waals surface area (Å²) in [4.78, 5) is 45.4. The Balaban J connectivity index is 0.985. The van der Waals surface area contributed by atoms with Gasteiger partial charge < -0.3 is 30.7 Å². The molecule has 13 nitrogen and oxygen atoms in total. The molecule has 2 aliphatic heterocycles. The summed E-state index contributed by atoms with van der Waals surface area (Å²) in [6.07, 6.45) is 9.24. The highest BCUT2D eigenvalue weighted by atomic mass is 35.5. The lowest BCUT2D eigenvalue weighted by Gasteiger charge is -2.19. The number of carbonyl (C=O) groups is 2. The van der Waals surface area contributed by atoms with Gasteiger partial charge in [-0.05, 0) is 96.5 Å². The Bertz CT molecular complexity index is 2770. The summed E-state index contributed by atoms with van der Waals surface area (Å²) >= 11 is 6.91. The van der Waals surface area contributed by atoms with E-state index in [-0.39, 0.29) is 42.7 Å². The summed E-state index contributed by atoms with van der Waals surface area (Å²) in [6, 6.07) is 23.9. The van der Waals surface area contributed by atoms with E-state index in [1.807, 2.05) is 49.4 Å². The first-order valence-electron chi connectivity index (χ1n) is 20.7. The molecule has 0 saturated carbocycles. The van der Waals surface area contributed by atoms with E-state index < -0.39 is 0 Å². The summed E-state index contributed by atoms with van der Waals surface area (Å²) in [5, 5.41) is 22.5. The number of hydrogen-bond donors (Lipinski definition) is 4. The second-order valence-corrected chi connectivity index (χ2v) is 16.2. The SMILES string of the molecule is Cc1c(OCc2cc(OCc3cncc(C#N)c3)c(CNC[C@@H]3CCC(=O)N3)cc2Cl)cccc1-c1cccc(-c2ccn3c(=O)c(CNC[C@H]4CCC(=O)N4)cnc3c2)c1C. The fourth-order valence-corrected chi connectivity index (χ4v) is 8.33. The molecule has 14 heteroatoms. The van der Waals surface area contributed by atoms with Gasteiger partial charge in [0.05, 0.1) is 5.56 Å². The Morgan fingerprint density at radius 3 is 2.16 bits per heavy atom. The highest BCUT2D eigenvalue weighted by Crippen LogP contribution is 2.37. The molecular formula is C48H47ClN8O5. The Labute approximate surface area is 364 Å². The second-order valence-electron chi connectivity index (χ2n) is 15.8. The maximum Gasteiger partial charge on any atom is 0.262 e. The third-order valence-electron chi connectivity index (χ3n) is 11.5. The molecule has 0 spiro atoms. The minimum atomic E-state index is -0.132. The first-order valence-corrected chi connectivity index (χ1v) is 21.1. The molecule has 0 aliphatic carbocycles. The lowest BCUT2D eigenvalue weighted by atomic mass is 9.91. The van der Waals surface area contributed by atoms with E-state index >= 15 is 0 Å². The van der Waals surface area contributed by atoms with Crippen LogP contribution in [0.1, 0.15) is 64.6 Å². The molecule has 2 aliphatic rings. The zero-order valence-corrected chi connectivity index (χ0v) is 35.4. The van der Waals surface area contributed by atoms with E-state index in [1.54, 1.807) is 29.1 Å². The van der Waals surface area contributed by atoms with Gasteiger partial charge in [-0.2, -0.15) is 5.26 Å². The van der Waals surface area contributed by atoms with Crippen LogP contribution in [0.4, 0.5) is 0 Å². The van der Waals surface area contributed by atoms with E-state index in [0.717, 1.165) is 62.9 Å². The normalized spacial score (nSPS) is 16.0. The molecule has 316 valence electrons. The molecule has 0 bridgehead atoms. The summed E-state index contributed by atoms with van der Waals surface area (Å²) in [5.41, 5.74) is 9.84. The third kappa shape index (κ3) is 9.63. The fourth-order valence-electron chi connectivity index (χ4n) is 8.09. The molecular weight excluding hydrogens is 804 g/mol. The first-order chi connectivity index (χ1) is 30.1. The van der Waals surface area contributed by atoms with E-state index in [4.69, 9.17) is 21.1 Å². The van der Waals surface area contributed by atoms with Crippen LogP contribution in [0.2, 0.25) is 5.02 Å². The molecule has 5 heterocycles. The van der Waals surface area contributed by atoms with Crippen molar-refractivity contribution in [3.05, 3.63) is 146 Å². The number of hydrogen-bond acceptors (Lipinski definition) is 10. The largest absolute Gasteiger partial charge is 0.489 e. The molecule has 6 aromatic rings. The highest BCUT2D eigenvalue weighted by Gasteiger charge is 2.22. The molecule has 2 amide bonds. The van der Waals surface area contributed by atoms with E-state index in [2.05, 4.69) is 62.4 Å². The standard InChI is InChI=1S/C48H47ClN8O5/c1-29-39(33-13-14-57-45(18-33)54-24-36(48(57)60)23-53-26-38-10-12-47(59)56-38)5-3-6-40(29)41-7-4-8-43(30(41)2)62-28-35-17-44(61-27-32-15-31(19-50)20-51-21-32)34(16-42(35)49)22-52-25-37-9-11-46(58)55-37/h3-8,13-18,20-21,24,37-38,52-53H,9-12,22-23,25-28H2,1-2H3,(H,55,58)(H,56,59)/t37-,38+/m0/s1. The van der Waals surface area contributed by atoms with Gasteiger partial charge in [0.25, 0.3) is 5.56 Å². The Morgan fingerprint density at radius 2 is 1.45 bits per heavy atom. The molecule has 62 heavy (non-hydrogen) atoms. The topological polar surface area (TPSA) is 172 Å². The summed E-state index contributed by atoms with van der Waals surface area (Å²) in [7, 11) is 0. The van der Waals surface area contributed by atoms with Crippen LogP contribution in [0, 0.1) is 25.2 Å². The maximum atomic E-state index is 13.4. The summed E-state index contributed by atoms with van der Waals surface area (Å²) in [5.74, 6) is 1.46. The number of amides is 2. The number of aromatic nitrogens is 3. The Hall–Kier alpha value is -6.59. The minimum Gasteiger partial charge on any atom is -0.489 e. The van der Waals surface area contributed by atoms with Gasteiger partial charge in [-0.25, -0.2) is 4.98 Å². The highest BCUT2D eigenvalue weighted by molar-refractivity contribution is 6.31. The van der Waals surface area contributed by atoms with Crippen molar-refractivity contribution < 1.29 is 19.1 Å². The number of nitriles is 1. The van der Waals surface area contributed by atoms with Crippen LogP contribution in [0.25, 0.3) is 27.9 Å². The van der Waals surface area contributed by atoms with Gasteiger partial charge >= 0.3 is 0 Å². The van der Waals surface area contributed by atoms with E-state index in [1.165, 1.54) is 6.20 Å². The smallest absolute Gasteiger partial charge is 0.262 e. The predicted octanol–water partition coefficient (Wildman–Crippen LogP) is 6.46. The predicted molar refractivity (Wildman–Crippen MR) is 237 cm³/mol. The second kappa shape index (κ2) is 19.0.